The minimum atomic E-state index is -0.360. The van der Waals surface area contributed by atoms with Crippen LogP contribution >= 0.6 is 0 Å². The van der Waals surface area contributed by atoms with Gasteiger partial charge >= 0.3 is 6.03 Å². The first-order chi connectivity index (χ1) is 8.13. The maximum absolute atomic E-state index is 11.8. The molecule has 92 valence electrons. The molecule has 1 fully saturated rings. The Labute approximate surface area is 100 Å². The second kappa shape index (κ2) is 4.73. The molecule has 1 unspecified atom stereocenters. The number of likely N-dealkylation sites (N-methyl/N-ethyl adjacent to an activating group) is 1. The second-order valence-electron chi connectivity index (χ2n) is 4.24. The lowest BCUT2D eigenvalue weighted by molar-refractivity contribution is 0.229. The summed E-state index contributed by atoms with van der Waals surface area (Å²) in [5.74, 6) is 0. The zero-order valence-corrected chi connectivity index (χ0v) is 9.84. The Bertz CT molecular complexity index is 405. The van der Waals surface area contributed by atoms with Gasteiger partial charge in [0.15, 0.2) is 0 Å². The van der Waals surface area contributed by atoms with E-state index in [1.54, 1.807) is 16.8 Å². The average molecular weight is 235 g/mol. The number of anilines is 1. The van der Waals surface area contributed by atoms with Crippen molar-refractivity contribution in [2.24, 2.45) is 5.73 Å². The standard InChI is InChI=1S/C12H17N3O2/c1-14-6-7-15(12(14)17)10-4-2-9(3-5-10)11(13)8-16/h2-5,11,16H,6-8,13H2,1H3. The molecule has 1 aromatic carbocycles. The van der Waals surface area contributed by atoms with Gasteiger partial charge in [0, 0.05) is 25.8 Å². The summed E-state index contributed by atoms with van der Waals surface area (Å²) in [5, 5.41) is 8.95. The minimum absolute atomic E-state index is 0.0178. The van der Waals surface area contributed by atoms with Crippen LogP contribution in [-0.2, 0) is 0 Å². The van der Waals surface area contributed by atoms with Crippen LogP contribution in [0.5, 0.6) is 0 Å². The van der Waals surface area contributed by atoms with Crippen molar-refractivity contribution < 1.29 is 9.90 Å². The molecule has 1 heterocycles. The highest BCUT2D eigenvalue weighted by molar-refractivity contribution is 5.93. The number of hydrogen-bond donors (Lipinski definition) is 2. The molecule has 1 saturated heterocycles. The summed E-state index contributed by atoms with van der Waals surface area (Å²) in [6.45, 7) is 1.38. The first-order valence-corrected chi connectivity index (χ1v) is 5.62. The molecule has 1 aliphatic heterocycles. The number of amides is 2. The topological polar surface area (TPSA) is 69.8 Å². The molecule has 0 radical (unpaired) electrons. The van der Waals surface area contributed by atoms with E-state index in [2.05, 4.69) is 0 Å². The highest BCUT2D eigenvalue weighted by Crippen LogP contribution is 2.21. The number of rotatable bonds is 3. The Morgan fingerprint density at radius 2 is 2.00 bits per heavy atom. The highest BCUT2D eigenvalue weighted by atomic mass is 16.3. The Morgan fingerprint density at radius 3 is 2.47 bits per heavy atom. The number of hydrogen-bond acceptors (Lipinski definition) is 3. The van der Waals surface area contributed by atoms with Crippen LogP contribution in [0.25, 0.3) is 0 Å². The normalized spacial score (nSPS) is 17.7. The molecule has 0 bridgehead atoms. The van der Waals surface area contributed by atoms with Crippen molar-refractivity contribution >= 4 is 11.7 Å². The van der Waals surface area contributed by atoms with Gasteiger partial charge in [-0.2, -0.15) is 0 Å². The van der Waals surface area contributed by atoms with Gasteiger partial charge < -0.3 is 15.7 Å². The van der Waals surface area contributed by atoms with Gasteiger partial charge in [-0.25, -0.2) is 4.79 Å². The summed E-state index contributed by atoms with van der Waals surface area (Å²) < 4.78 is 0. The highest BCUT2D eigenvalue weighted by Gasteiger charge is 2.26. The first kappa shape index (κ1) is 11.9. The molecule has 0 saturated carbocycles. The molecular formula is C12H17N3O2. The summed E-state index contributed by atoms with van der Waals surface area (Å²) in [5.41, 5.74) is 7.45. The van der Waals surface area contributed by atoms with Crippen LogP contribution in [0.1, 0.15) is 11.6 Å². The van der Waals surface area contributed by atoms with E-state index < -0.39 is 0 Å². The van der Waals surface area contributed by atoms with E-state index >= 15 is 0 Å². The van der Waals surface area contributed by atoms with E-state index in [1.165, 1.54) is 0 Å². The van der Waals surface area contributed by atoms with Gasteiger partial charge in [0.1, 0.15) is 0 Å². The van der Waals surface area contributed by atoms with Gasteiger partial charge in [0.05, 0.1) is 12.6 Å². The van der Waals surface area contributed by atoms with Crippen LogP contribution in [0.2, 0.25) is 0 Å². The van der Waals surface area contributed by atoms with Crippen LogP contribution < -0.4 is 10.6 Å². The number of carbonyl (C=O) groups excluding carboxylic acids is 1. The van der Waals surface area contributed by atoms with E-state index in [-0.39, 0.29) is 18.7 Å². The quantitative estimate of drug-likeness (QED) is 0.803. The Morgan fingerprint density at radius 1 is 1.35 bits per heavy atom. The molecule has 0 aromatic heterocycles. The van der Waals surface area contributed by atoms with E-state index in [4.69, 9.17) is 10.8 Å². The zero-order valence-electron chi connectivity index (χ0n) is 9.84. The molecule has 17 heavy (non-hydrogen) atoms. The minimum Gasteiger partial charge on any atom is -0.394 e. The maximum atomic E-state index is 11.8. The van der Waals surface area contributed by atoms with E-state index in [0.29, 0.717) is 6.54 Å². The largest absolute Gasteiger partial charge is 0.394 e. The lowest BCUT2D eigenvalue weighted by Crippen LogP contribution is -2.29. The smallest absolute Gasteiger partial charge is 0.324 e. The van der Waals surface area contributed by atoms with Crippen molar-refractivity contribution in [2.75, 3.05) is 31.6 Å². The van der Waals surface area contributed by atoms with E-state index in [0.717, 1.165) is 17.8 Å². The third-order valence-electron chi connectivity index (χ3n) is 3.05. The van der Waals surface area contributed by atoms with Crippen molar-refractivity contribution in [2.45, 2.75) is 6.04 Å². The Balaban J connectivity index is 2.16. The van der Waals surface area contributed by atoms with Gasteiger partial charge in [-0.3, -0.25) is 4.90 Å². The molecule has 2 rings (SSSR count). The number of urea groups is 1. The van der Waals surface area contributed by atoms with Crippen LogP contribution in [0.4, 0.5) is 10.5 Å². The third kappa shape index (κ3) is 2.25. The number of aliphatic hydroxyl groups is 1. The fourth-order valence-electron chi connectivity index (χ4n) is 1.89. The van der Waals surface area contributed by atoms with Gasteiger partial charge in [-0.05, 0) is 17.7 Å². The summed E-state index contributed by atoms with van der Waals surface area (Å²) in [6, 6.07) is 7.08. The maximum Gasteiger partial charge on any atom is 0.324 e. The lowest BCUT2D eigenvalue weighted by Gasteiger charge is -2.17. The number of nitrogens with zero attached hydrogens (tertiary/aromatic N) is 2. The summed E-state index contributed by atoms with van der Waals surface area (Å²) in [4.78, 5) is 15.2. The van der Waals surface area contributed by atoms with E-state index in [1.807, 2.05) is 24.3 Å². The average Bonchev–Trinajstić information content (AvgIpc) is 2.69. The molecule has 5 nitrogen and oxygen atoms in total. The molecule has 0 spiro atoms. The second-order valence-corrected chi connectivity index (χ2v) is 4.24. The van der Waals surface area contributed by atoms with Crippen molar-refractivity contribution in [1.29, 1.82) is 0 Å². The lowest BCUT2D eigenvalue weighted by atomic mass is 10.1. The molecule has 1 atom stereocenters. The molecule has 2 amide bonds. The summed E-state index contributed by atoms with van der Waals surface area (Å²) >= 11 is 0. The van der Waals surface area contributed by atoms with Gasteiger partial charge in [-0.15, -0.1) is 0 Å². The van der Waals surface area contributed by atoms with Gasteiger partial charge in [0.2, 0.25) is 0 Å². The van der Waals surface area contributed by atoms with Crippen LogP contribution in [-0.4, -0.2) is 42.8 Å². The summed E-state index contributed by atoms with van der Waals surface area (Å²) in [7, 11) is 1.79. The van der Waals surface area contributed by atoms with Crippen molar-refractivity contribution in [3.63, 3.8) is 0 Å². The number of carbonyl (C=O) groups is 1. The Kier molecular flexibility index (Phi) is 3.31. The zero-order chi connectivity index (χ0) is 12.4. The predicted molar refractivity (Wildman–Crippen MR) is 65.8 cm³/mol. The molecule has 1 aromatic rings. The van der Waals surface area contributed by atoms with E-state index in [9.17, 15) is 4.79 Å². The summed E-state index contributed by atoms with van der Waals surface area (Å²) in [6.07, 6.45) is 0. The van der Waals surface area contributed by atoms with Crippen molar-refractivity contribution in [1.82, 2.24) is 4.90 Å². The van der Waals surface area contributed by atoms with Crippen LogP contribution in [0.3, 0.4) is 0 Å². The van der Waals surface area contributed by atoms with Gasteiger partial charge in [-0.1, -0.05) is 12.1 Å². The Hall–Kier alpha value is -1.59. The number of aliphatic hydroxyl groups excluding tert-OH is 1. The number of nitrogens with two attached hydrogens (primary N) is 1. The molecule has 1 aliphatic rings. The first-order valence-electron chi connectivity index (χ1n) is 5.62. The van der Waals surface area contributed by atoms with Gasteiger partial charge in [0.25, 0.3) is 0 Å². The van der Waals surface area contributed by atoms with Crippen molar-refractivity contribution in [3.8, 4) is 0 Å². The third-order valence-corrected chi connectivity index (χ3v) is 3.05. The molecule has 5 heteroatoms. The molecular weight excluding hydrogens is 218 g/mol. The van der Waals surface area contributed by atoms with Crippen LogP contribution in [0.15, 0.2) is 24.3 Å². The molecule has 3 N–H and O–H groups in total. The fraction of sp³-hybridized carbons (Fsp3) is 0.417. The van der Waals surface area contributed by atoms with Crippen molar-refractivity contribution in [3.05, 3.63) is 29.8 Å². The monoisotopic (exact) mass is 235 g/mol. The number of benzene rings is 1. The molecule has 0 aliphatic carbocycles. The van der Waals surface area contributed by atoms with Crippen LogP contribution in [0, 0.1) is 0 Å². The fourth-order valence-corrected chi connectivity index (χ4v) is 1.89. The predicted octanol–water partition coefficient (Wildman–Crippen LogP) is 0.551. The SMILES string of the molecule is CN1CCN(c2ccc(C(N)CO)cc2)C1=O.